The number of anilines is 1. The fraction of sp³-hybridized carbons (Fsp3) is 0.435. The molecule has 1 aromatic carbocycles. The van der Waals surface area contributed by atoms with Gasteiger partial charge in [-0.1, -0.05) is 24.9 Å². The molecule has 1 fully saturated rings. The van der Waals surface area contributed by atoms with Crippen LogP contribution < -0.4 is 10.1 Å². The van der Waals surface area contributed by atoms with E-state index in [4.69, 9.17) is 21.1 Å². The number of aromatic amines is 1. The van der Waals surface area contributed by atoms with Gasteiger partial charge in [-0.3, -0.25) is 4.79 Å². The largest absolute Gasteiger partial charge is 0.494 e. The highest BCUT2D eigenvalue weighted by molar-refractivity contribution is 6.35. The molecule has 0 aliphatic carbocycles. The second-order valence-electron chi connectivity index (χ2n) is 7.88. The highest BCUT2D eigenvalue weighted by Crippen LogP contribution is 2.30. The second-order valence-corrected chi connectivity index (χ2v) is 8.28. The molecule has 3 N–H and O–H groups in total. The van der Waals surface area contributed by atoms with Gasteiger partial charge in [-0.15, -0.1) is 0 Å². The molecule has 170 valence electrons. The number of ether oxygens (including phenoxy) is 2. The van der Waals surface area contributed by atoms with Gasteiger partial charge in [0.2, 0.25) is 0 Å². The van der Waals surface area contributed by atoms with E-state index in [1.165, 1.54) is 6.33 Å². The van der Waals surface area contributed by atoms with Crippen LogP contribution in [0, 0.1) is 0 Å². The van der Waals surface area contributed by atoms with Crippen LogP contribution in [0.4, 0.5) is 5.82 Å². The zero-order valence-corrected chi connectivity index (χ0v) is 18.7. The first-order chi connectivity index (χ1) is 15.6. The van der Waals surface area contributed by atoms with Gasteiger partial charge in [-0.2, -0.15) is 0 Å². The van der Waals surface area contributed by atoms with Crippen LogP contribution in [-0.4, -0.2) is 57.8 Å². The quantitative estimate of drug-likeness (QED) is 0.328. The van der Waals surface area contributed by atoms with Crippen molar-refractivity contribution in [2.45, 2.75) is 44.8 Å². The third kappa shape index (κ3) is 4.87. The van der Waals surface area contributed by atoms with Gasteiger partial charge in [0, 0.05) is 11.8 Å². The molecule has 4 rings (SSSR count). The van der Waals surface area contributed by atoms with Gasteiger partial charge in [-0.25, -0.2) is 9.97 Å². The summed E-state index contributed by atoms with van der Waals surface area (Å²) in [6.07, 6.45) is 6.53. The summed E-state index contributed by atoms with van der Waals surface area (Å²) in [6, 6.07) is 5.14. The number of aromatic nitrogens is 3. The smallest absolute Gasteiger partial charge is 0.196 e. The van der Waals surface area contributed by atoms with E-state index < -0.39 is 0 Å². The topological polar surface area (TPSA) is 109 Å². The van der Waals surface area contributed by atoms with E-state index in [0.717, 1.165) is 25.7 Å². The molecular weight excluding hydrogens is 432 g/mol. The molecule has 1 aliphatic heterocycles. The number of aliphatic hydroxyl groups excluding tert-OH is 1. The molecule has 0 saturated carbocycles. The number of H-pyrrole nitrogens is 1. The number of fused-ring (bicyclic) bond motifs is 1. The van der Waals surface area contributed by atoms with Crippen molar-refractivity contribution >= 4 is 34.2 Å². The zero-order valence-electron chi connectivity index (χ0n) is 17.9. The van der Waals surface area contributed by atoms with Crippen molar-refractivity contribution in [3.05, 3.63) is 46.9 Å². The van der Waals surface area contributed by atoms with Crippen LogP contribution in [0.15, 0.2) is 30.7 Å². The number of ketones is 1. The van der Waals surface area contributed by atoms with Crippen LogP contribution in [0.2, 0.25) is 5.02 Å². The zero-order chi connectivity index (χ0) is 22.5. The highest BCUT2D eigenvalue weighted by Gasteiger charge is 2.25. The number of benzene rings is 1. The minimum Gasteiger partial charge on any atom is -0.494 e. The summed E-state index contributed by atoms with van der Waals surface area (Å²) in [5, 5.41) is 13.6. The molecule has 0 amide bonds. The van der Waals surface area contributed by atoms with Crippen molar-refractivity contribution in [2.24, 2.45) is 0 Å². The third-order valence-electron chi connectivity index (χ3n) is 5.58. The molecule has 1 aliphatic rings. The lowest BCUT2D eigenvalue weighted by atomic mass is 10.0. The Morgan fingerprint density at radius 2 is 2.22 bits per heavy atom. The molecule has 3 aromatic rings. The molecule has 0 radical (unpaired) electrons. The number of hydrogen-bond acceptors (Lipinski definition) is 7. The van der Waals surface area contributed by atoms with Crippen molar-refractivity contribution in [1.82, 2.24) is 15.0 Å². The summed E-state index contributed by atoms with van der Waals surface area (Å²) >= 11 is 6.43. The Balaban J connectivity index is 1.57. The Morgan fingerprint density at radius 3 is 2.94 bits per heavy atom. The van der Waals surface area contributed by atoms with Gasteiger partial charge in [0.25, 0.3) is 0 Å². The van der Waals surface area contributed by atoms with Crippen molar-refractivity contribution in [1.29, 1.82) is 0 Å². The molecule has 3 heterocycles. The summed E-state index contributed by atoms with van der Waals surface area (Å²) < 4.78 is 11.3. The van der Waals surface area contributed by atoms with E-state index in [1.54, 1.807) is 24.4 Å². The highest BCUT2D eigenvalue weighted by atomic mass is 35.5. The van der Waals surface area contributed by atoms with Crippen LogP contribution in [0.5, 0.6) is 5.75 Å². The number of nitrogens with one attached hydrogen (secondary N) is 2. The van der Waals surface area contributed by atoms with Crippen molar-refractivity contribution in [2.75, 3.05) is 25.1 Å². The molecule has 32 heavy (non-hydrogen) atoms. The number of carbonyl (C=O) groups is 1. The van der Waals surface area contributed by atoms with Crippen molar-refractivity contribution < 1.29 is 19.4 Å². The first-order valence-electron chi connectivity index (χ1n) is 10.9. The molecule has 2 aromatic heterocycles. The second kappa shape index (κ2) is 10.3. The Morgan fingerprint density at radius 1 is 1.34 bits per heavy atom. The Kier molecular flexibility index (Phi) is 7.24. The fourth-order valence-corrected chi connectivity index (χ4v) is 4.01. The van der Waals surface area contributed by atoms with E-state index in [1.807, 2.05) is 0 Å². The number of nitrogens with zero attached hydrogens (tertiary/aromatic N) is 2. The van der Waals surface area contributed by atoms with Gasteiger partial charge >= 0.3 is 0 Å². The van der Waals surface area contributed by atoms with Gasteiger partial charge in [-0.05, 0) is 37.5 Å². The van der Waals surface area contributed by atoms with E-state index in [2.05, 4.69) is 27.2 Å². The predicted octanol–water partition coefficient (Wildman–Crippen LogP) is 3.97. The monoisotopic (exact) mass is 458 g/mol. The third-order valence-corrected chi connectivity index (χ3v) is 5.89. The number of rotatable bonds is 9. The molecule has 8 nitrogen and oxygen atoms in total. The SMILES string of the molecule is CCCCOc1ccc(C(=O)c2c[nH]c3ncnc(N[C@@H]4CC[C@@H](CO)OC4)c23)c(Cl)c1. The lowest BCUT2D eigenvalue weighted by Crippen LogP contribution is -2.36. The average Bonchev–Trinajstić information content (AvgIpc) is 3.25. The Hall–Kier alpha value is -2.68. The van der Waals surface area contributed by atoms with E-state index in [0.29, 0.717) is 52.0 Å². The molecule has 0 spiro atoms. The standard InChI is InChI=1S/C23H27ClN4O4/c1-2-3-8-31-15-6-7-17(19(24)9-15)21(30)18-10-25-22-20(18)23(27-13-26-22)28-14-4-5-16(11-29)32-12-14/h6-7,9-10,13-14,16,29H,2-5,8,11-12H2,1H3,(H2,25,26,27,28)/t14-,16+/m1/s1. The van der Waals surface area contributed by atoms with Crippen LogP contribution in [0.1, 0.15) is 48.5 Å². The normalized spacial score (nSPS) is 18.6. The maximum absolute atomic E-state index is 13.4. The number of unbranched alkanes of at least 4 members (excludes halogenated alkanes) is 1. The van der Waals surface area contributed by atoms with Crippen LogP contribution in [0.3, 0.4) is 0 Å². The fourth-order valence-electron chi connectivity index (χ4n) is 3.76. The molecule has 9 heteroatoms. The summed E-state index contributed by atoms with van der Waals surface area (Å²) in [4.78, 5) is 25.0. The molecule has 0 unspecified atom stereocenters. The van der Waals surface area contributed by atoms with Gasteiger partial charge < -0.3 is 24.9 Å². The minimum absolute atomic E-state index is 0.0180. The van der Waals surface area contributed by atoms with Crippen molar-refractivity contribution in [3.8, 4) is 5.75 Å². The van der Waals surface area contributed by atoms with Crippen LogP contribution in [0.25, 0.3) is 11.0 Å². The van der Waals surface area contributed by atoms with E-state index in [-0.39, 0.29) is 24.5 Å². The molecule has 2 atom stereocenters. The first-order valence-corrected chi connectivity index (χ1v) is 11.3. The molecule has 0 bridgehead atoms. The van der Waals surface area contributed by atoms with E-state index >= 15 is 0 Å². The number of aliphatic hydroxyl groups is 1. The summed E-state index contributed by atoms with van der Waals surface area (Å²) in [5.41, 5.74) is 1.39. The Labute approximate surface area is 191 Å². The molecular formula is C23H27ClN4O4. The van der Waals surface area contributed by atoms with Crippen LogP contribution >= 0.6 is 11.6 Å². The summed E-state index contributed by atoms with van der Waals surface area (Å²) in [7, 11) is 0. The first kappa shape index (κ1) is 22.5. The Bertz CT molecular complexity index is 1080. The lowest BCUT2D eigenvalue weighted by molar-refractivity contribution is -0.0224. The van der Waals surface area contributed by atoms with Crippen LogP contribution in [-0.2, 0) is 4.74 Å². The summed E-state index contributed by atoms with van der Waals surface area (Å²) in [5.74, 6) is 0.980. The van der Waals surface area contributed by atoms with E-state index in [9.17, 15) is 9.90 Å². The number of carbonyl (C=O) groups excluding carboxylic acids is 1. The predicted molar refractivity (Wildman–Crippen MR) is 123 cm³/mol. The number of hydrogen-bond donors (Lipinski definition) is 3. The minimum atomic E-state index is -0.223. The maximum Gasteiger partial charge on any atom is 0.196 e. The molecule has 1 saturated heterocycles. The van der Waals surface area contributed by atoms with Gasteiger partial charge in [0.1, 0.15) is 23.5 Å². The number of halogens is 1. The van der Waals surface area contributed by atoms with Gasteiger partial charge in [0.05, 0.1) is 47.9 Å². The summed E-state index contributed by atoms with van der Waals surface area (Å²) in [6.45, 7) is 3.18. The average molecular weight is 459 g/mol. The van der Waals surface area contributed by atoms with Gasteiger partial charge in [0.15, 0.2) is 5.78 Å². The maximum atomic E-state index is 13.4. The van der Waals surface area contributed by atoms with Crippen molar-refractivity contribution in [3.63, 3.8) is 0 Å². The lowest BCUT2D eigenvalue weighted by Gasteiger charge is -2.29.